The lowest BCUT2D eigenvalue weighted by Gasteiger charge is -2.35. The smallest absolute Gasteiger partial charge is 0.317 e. The van der Waals surface area contributed by atoms with E-state index in [-0.39, 0.29) is 18.7 Å². The molecule has 1 saturated heterocycles. The zero-order chi connectivity index (χ0) is 15.8. The number of carbonyl (C=O) groups is 1. The van der Waals surface area contributed by atoms with Crippen molar-refractivity contribution in [3.05, 3.63) is 35.4 Å². The van der Waals surface area contributed by atoms with Crippen molar-refractivity contribution < 1.29 is 14.6 Å². The number of aliphatic hydroxyl groups excluding tert-OH is 1. The quantitative estimate of drug-likeness (QED) is 0.847. The van der Waals surface area contributed by atoms with E-state index in [1.165, 1.54) is 0 Å². The van der Waals surface area contributed by atoms with Gasteiger partial charge in [0.15, 0.2) is 0 Å². The van der Waals surface area contributed by atoms with E-state index in [0.29, 0.717) is 19.6 Å². The van der Waals surface area contributed by atoms with E-state index < -0.39 is 0 Å². The molecule has 5 nitrogen and oxygen atoms in total. The molecule has 1 aromatic carbocycles. The monoisotopic (exact) mass is 306 g/mol. The number of carbonyl (C=O) groups excluding carboxylic acids is 1. The molecule has 1 heterocycles. The molecule has 1 atom stereocenters. The summed E-state index contributed by atoms with van der Waals surface area (Å²) in [6.07, 6.45) is 3.82. The van der Waals surface area contributed by atoms with Crippen LogP contribution in [0.15, 0.2) is 24.3 Å². The van der Waals surface area contributed by atoms with Crippen LogP contribution in [0.25, 0.3) is 0 Å². The average Bonchev–Trinajstić information content (AvgIpc) is 2.54. The van der Waals surface area contributed by atoms with Gasteiger partial charge in [-0.3, -0.25) is 0 Å². The van der Waals surface area contributed by atoms with Crippen LogP contribution >= 0.6 is 0 Å². The number of hydrogen-bond acceptors (Lipinski definition) is 3. The predicted octanol–water partition coefficient (Wildman–Crippen LogP) is 2.28. The number of amides is 2. The molecule has 22 heavy (non-hydrogen) atoms. The Kier molecular flexibility index (Phi) is 6.68. The van der Waals surface area contributed by atoms with E-state index in [1.807, 2.05) is 29.2 Å². The first-order valence-corrected chi connectivity index (χ1v) is 7.96. The van der Waals surface area contributed by atoms with Crippen LogP contribution < -0.4 is 5.32 Å². The van der Waals surface area contributed by atoms with Crippen molar-refractivity contribution in [2.45, 2.75) is 44.9 Å². The van der Waals surface area contributed by atoms with Crippen LogP contribution in [0.4, 0.5) is 4.79 Å². The largest absolute Gasteiger partial charge is 0.396 e. The van der Waals surface area contributed by atoms with E-state index in [1.54, 1.807) is 7.11 Å². The van der Waals surface area contributed by atoms with Crippen molar-refractivity contribution in [1.82, 2.24) is 10.2 Å². The van der Waals surface area contributed by atoms with Crippen LogP contribution in [-0.2, 0) is 17.9 Å². The minimum atomic E-state index is -0.0321. The number of methoxy groups -OCH3 is 1. The van der Waals surface area contributed by atoms with Gasteiger partial charge in [-0.2, -0.15) is 0 Å². The summed E-state index contributed by atoms with van der Waals surface area (Å²) < 4.78 is 5.13. The molecular weight excluding hydrogens is 280 g/mol. The van der Waals surface area contributed by atoms with Gasteiger partial charge >= 0.3 is 6.03 Å². The van der Waals surface area contributed by atoms with Crippen molar-refractivity contribution in [2.75, 3.05) is 20.3 Å². The maximum atomic E-state index is 12.4. The van der Waals surface area contributed by atoms with E-state index in [0.717, 1.165) is 36.9 Å². The van der Waals surface area contributed by atoms with Crippen LogP contribution in [0, 0.1) is 0 Å². The molecule has 0 saturated carbocycles. The predicted molar refractivity (Wildman–Crippen MR) is 85.4 cm³/mol. The fourth-order valence-corrected chi connectivity index (χ4v) is 2.99. The number of rotatable bonds is 6. The Labute approximate surface area is 132 Å². The van der Waals surface area contributed by atoms with Crippen molar-refractivity contribution in [3.63, 3.8) is 0 Å². The molecule has 1 aliphatic rings. The standard InChI is InChI=1S/C17H26N2O3/c1-22-13-15-6-4-5-14(11-15)12-18-17(21)19-9-3-2-7-16(19)8-10-20/h4-6,11,16,20H,2-3,7-10,12-13H2,1H3,(H,18,21). The molecule has 1 aromatic rings. The van der Waals surface area contributed by atoms with E-state index >= 15 is 0 Å². The Hall–Kier alpha value is -1.59. The molecule has 5 heteroatoms. The van der Waals surface area contributed by atoms with Crippen molar-refractivity contribution in [1.29, 1.82) is 0 Å². The third-order valence-electron chi connectivity index (χ3n) is 4.10. The molecule has 2 rings (SSSR count). The summed E-state index contributed by atoms with van der Waals surface area (Å²) >= 11 is 0. The number of nitrogens with one attached hydrogen (secondary N) is 1. The Morgan fingerprint density at radius 1 is 1.41 bits per heavy atom. The van der Waals surface area contributed by atoms with Crippen LogP contribution in [0.1, 0.15) is 36.8 Å². The van der Waals surface area contributed by atoms with Crippen LogP contribution in [0.5, 0.6) is 0 Å². The molecular formula is C17H26N2O3. The first-order valence-electron chi connectivity index (χ1n) is 7.96. The Balaban J connectivity index is 1.89. The lowest BCUT2D eigenvalue weighted by molar-refractivity contribution is 0.131. The molecule has 122 valence electrons. The van der Waals surface area contributed by atoms with Gasteiger partial charge in [-0.25, -0.2) is 4.79 Å². The summed E-state index contributed by atoms with van der Waals surface area (Å²) in [7, 11) is 1.67. The molecule has 0 spiro atoms. The van der Waals surface area contributed by atoms with Gasteiger partial charge in [0.25, 0.3) is 0 Å². The fraction of sp³-hybridized carbons (Fsp3) is 0.588. The third-order valence-corrected chi connectivity index (χ3v) is 4.10. The Bertz CT molecular complexity index is 477. The highest BCUT2D eigenvalue weighted by Gasteiger charge is 2.25. The highest BCUT2D eigenvalue weighted by molar-refractivity contribution is 5.74. The maximum Gasteiger partial charge on any atom is 0.317 e. The minimum Gasteiger partial charge on any atom is -0.396 e. The number of urea groups is 1. The fourth-order valence-electron chi connectivity index (χ4n) is 2.99. The zero-order valence-corrected chi connectivity index (χ0v) is 13.3. The SMILES string of the molecule is COCc1cccc(CNC(=O)N2CCCCC2CCO)c1. The first kappa shape index (κ1) is 16.8. The highest BCUT2D eigenvalue weighted by Crippen LogP contribution is 2.19. The number of nitrogens with zero attached hydrogens (tertiary/aromatic N) is 1. The molecule has 1 unspecified atom stereocenters. The molecule has 2 amide bonds. The summed E-state index contributed by atoms with van der Waals surface area (Å²) in [6, 6.07) is 8.17. The Morgan fingerprint density at radius 2 is 2.23 bits per heavy atom. The summed E-state index contributed by atoms with van der Waals surface area (Å²) in [5, 5.41) is 12.1. The first-order chi connectivity index (χ1) is 10.7. The van der Waals surface area contributed by atoms with Crippen LogP contribution in [0.3, 0.4) is 0 Å². The van der Waals surface area contributed by atoms with E-state index in [2.05, 4.69) is 5.32 Å². The highest BCUT2D eigenvalue weighted by atomic mass is 16.5. The van der Waals surface area contributed by atoms with Gasteiger partial charge in [-0.1, -0.05) is 24.3 Å². The van der Waals surface area contributed by atoms with Crippen molar-refractivity contribution in [3.8, 4) is 0 Å². The van der Waals surface area contributed by atoms with Crippen molar-refractivity contribution in [2.24, 2.45) is 0 Å². The molecule has 0 aromatic heterocycles. The summed E-state index contributed by atoms with van der Waals surface area (Å²) in [4.78, 5) is 14.2. The molecule has 2 N–H and O–H groups in total. The van der Waals surface area contributed by atoms with Crippen LogP contribution in [0.2, 0.25) is 0 Å². The second kappa shape index (κ2) is 8.76. The number of likely N-dealkylation sites (tertiary alicyclic amines) is 1. The van der Waals surface area contributed by atoms with Gasteiger partial charge in [-0.05, 0) is 36.8 Å². The molecule has 0 aliphatic carbocycles. The second-order valence-corrected chi connectivity index (χ2v) is 5.77. The maximum absolute atomic E-state index is 12.4. The number of piperidine rings is 1. The normalized spacial score (nSPS) is 18.3. The van der Waals surface area contributed by atoms with Crippen molar-refractivity contribution >= 4 is 6.03 Å². The van der Waals surface area contributed by atoms with Gasteiger partial charge in [0.2, 0.25) is 0 Å². The van der Waals surface area contributed by atoms with Gasteiger partial charge in [0, 0.05) is 32.8 Å². The van der Waals surface area contributed by atoms with Gasteiger partial charge in [0.1, 0.15) is 0 Å². The summed E-state index contributed by atoms with van der Waals surface area (Å²) in [6.45, 7) is 2.00. The lowest BCUT2D eigenvalue weighted by atomic mass is 10.0. The second-order valence-electron chi connectivity index (χ2n) is 5.77. The topological polar surface area (TPSA) is 61.8 Å². The summed E-state index contributed by atoms with van der Waals surface area (Å²) in [5.41, 5.74) is 2.17. The molecule has 1 aliphatic heterocycles. The lowest BCUT2D eigenvalue weighted by Crippen LogP contribution is -2.48. The van der Waals surface area contributed by atoms with Gasteiger partial charge < -0.3 is 20.1 Å². The molecule has 0 bridgehead atoms. The Morgan fingerprint density at radius 3 is 3.00 bits per heavy atom. The number of aliphatic hydroxyl groups is 1. The average molecular weight is 306 g/mol. The van der Waals surface area contributed by atoms with E-state index in [9.17, 15) is 4.79 Å². The van der Waals surface area contributed by atoms with Gasteiger partial charge in [-0.15, -0.1) is 0 Å². The third kappa shape index (κ3) is 4.71. The number of benzene rings is 1. The van der Waals surface area contributed by atoms with Crippen LogP contribution in [-0.4, -0.2) is 42.3 Å². The number of hydrogen-bond donors (Lipinski definition) is 2. The molecule has 0 radical (unpaired) electrons. The molecule has 1 fully saturated rings. The van der Waals surface area contributed by atoms with E-state index in [4.69, 9.17) is 9.84 Å². The van der Waals surface area contributed by atoms with Gasteiger partial charge in [0.05, 0.1) is 6.61 Å². The zero-order valence-electron chi connectivity index (χ0n) is 13.3. The summed E-state index contributed by atoms with van der Waals surface area (Å²) in [5.74, 6) is 0. The number of ether oxygens (including phenoxy) is 1. The minimum absolute atomic E-state index is 0.0321.